The van der Waals surface area contributed by atoms with E-state index in [4.69, 9.17) is 10.8 Å². The van der Waals surface area contributed by atoms with Crippen LogP contribution in [0.1, 0.15) is 12.8 Å². The summed E-state index contributed by atoms with van der Waals surface area (Å²) < 4.78 is 24.4. The molecule has 1 aliphatic carbocycles. The number of hydrogen-bond donors (Lipinski definition) is 2. The van der Waals surface area contributed by atoms with Crippen LogP contribution in [0.4, 0.5) is 8.78 Å². The predicted molar refractivity (Wildman–Crippen MR) is 42.2 cm³/mol. The summed E-state index contributed by atoms with van der Waals surface area (Å²) in [5, 5.41) is 8.55. The molecule has 1 aliphatic rings. The average molecular weight is 189 g/mol. The summed E-state index contributed by atoms with van der Waals surface area (Å²) in [6.45, 7) is 0. The Bertz CT molecular complexity index is 295. The lowest BCUT2D eigenvalue weighted by Gasteiger charge is -2.14. The van der Waals surface area contributed by atoms with Crippen molar-refractivity contribution < 1.29 is 18.7 Å². The summed E-state index contributed by atoms with van der Waals surface area (Å²) in [6.07, 6.45) is -1.34. The number of hydrogen-bond acceptors (Lipinski definition) is 2. The van der Waals surface area contributed by atoms with Gasteiger partial charge < -0.3 is 10.8 Å². The van der Waals surface area contributed by atoms with Crippen LogP contribution in [0.15, 0.2) is 22.9 Å². The molecular weight excluding hydrogens is 180 g/mol. The molecule has 0 saturated carbocycles. The number of aliphatic carboxylic acids is 1. The first kappa shape index (κ1) is 9.70. The molecule has 0 fully saturated rings. The molecule has 0 aliphatic heterocycles. The van der Waals surface area contributed by atoms with Crippen LogP contribution in [0, 0.1) is 0 Å². The van der Waals surface area contributed by atoms with Crippen molar-refractivity contribution in [3.63, 3.8) is 0 Å². The van der Waals surface area contributed by atoms with Crippen LogP contribution in [0.25, 0.3) is 0 Å². The van der Waals surface area contributed by atoms with E-state index < -0.39 is 12.4 Å². The lowest BCUT2D eigenvalue weighted by Crippen LogP contribution is -2.15. The summed E-state index contributed by atoms with van der Waals surface area (Å²) in [5.74, 6) is -1.10. The van der Waals surface area contributed by atoms with Gasteiger partial charge in [-0.05, 0) is 18.9 Å². The Kier molecular flexibility index (Phi) is 2.65. The predicted octanol–water partition coefficient (Wildman–Crippen LogP) is 1.27. The Morgan fingerprint density at radius 2 is 2.15 bits per heavy atom. The first-order valence-electron chi connectivity index (χ1n) is 3.73. The third-order valence-corrected chi connectivity index (χ3v) is 1.90. The van der Waals surface area contributed by atoms with Crippen molar-refractivity contribution in [2.45, 2.75) is 19.3 Å². The van der Waals surface area contributed by atoms with Crippen molar-refractivity contribution in [3.8, 4) is 0 Å². The third-order valence-electron chi connectivity index (χ3n) is 1.90. The number of carboxylic acids is 1. The molecular formula is C8H9F2NO2. The van der Waals surface area contributed by atoms with Gasteiger partial charge in [0.05, 0.1) is 0 Å². The molecule has 0 atom stereocenters. The van der Waals surface area contributed by atoms with Crippen molar-refractivity contribution in [2.75, 3.05) is 0 Å². The van der Waals surface area contributed by atoms with E-state index in [-0.39, 0.29) is 29.7 Å². The molecule has 0 aromatic heterocycles. The Labute approximate surface area is 73.5 Å². The Morgan fingerprint density at radius 1 is 1.54 bits per heavy atom. The maximum Gasteiger partial charge on any atom is 0.331 e. The van der Waals surface area contributed by atoms with Gasteiger partial charge in [0.25, 0.3) is 6.43 Å². The van der Waals surface area contributed by atoms with Crippen LogP contribution >= 0.6 is 0 Å². The number of rotatable bonds is 2. The van der Waals surface area contributed by atoms with Gasteiger partial charge in [0, 0.05) is 16.8 Å². The van der Waals surface area contributed by atoms with Crippen LogP contribution in [0.5, 0.6) is 0 Å². The van der Waals surface area contributed by atoms with E-state index in [0.29, 0.717) is 0 Å². The second kappa shape index (κ2) is 3.55. The van der Waals surface area contributed by atoms with Crippen molar-refractivity contribution in [2.24, 2.45) is 5.73 Å². The van der Waals surface area contributed by atoms with E-state index in [1.807, 2.05) is 0 Å². The van der Waals surface area contributed by atoms with Gasteiger partial charge in [0.15, 0.2) is 0 Å². The van der Waals surface area contributed by atoms with Crippen LogP contribution in [-0.2, 0) is 4.79 Å². The summed E-state index contributed by atoms with van der Waals surface area (Å²) in [4.78, 5) is 10.4. The van der Waals surface area contributed by atoms with Crippen LogP contribution in [0.3, 0.4) is 0 Å². The quantitative estimate of drug-likeness (QED) is 0.687. The van der Waals surface area contributed by atoms with Crippen molar-refractivity contribution in [1.29, 1.82) is 0 Å². The van der Waals surface area contributed by atoms with Crippen LogP contribution in [0.2, 0.25) is 0 Å². The molecule has 0 aromatic carbocycles. The maximum absolute atomic E-state index is 12.2. The number of allylic oxidation sites excluding steroid dienone is 2. The zero-order chi connectivity index (χ0) is 10.0. The summed E-state index contributed by atoms with van der Waals surface area (Å²) in [6, 6.07) is 0. The highest BCUT2D eigenvalue weighted by Gasteiger charge is 2.21. The highest BCUT2D eigenvalue weighted by atomic mass is 19.3. The highest BCUT2D eigenvalue weighted by Crippen LogP contribution is 2.25. The van der Waals surface area contributed by atoms with Gasteiger partial charge in [-0.3, -0.25) is 0 Å². The molecule has 0 saturated heterocycles. The summed E-state index contributed by atoms with van der Waals surface area (Å²) in [7, 11) is 0. The maximum atomic E-state index is 12.2. The molecule has 13 heavy (non-hydrogen) atoms. The van der Waals surface area contributed by atoms with Gasteiger partial charge in [0.1, 0.15) is 0 Å². The fraction of sp³-hybridized carbons (Fsp3) is 0.375. The zero-order valence-corrected chi connectivity index (χ0v) is 6.76. The third kappa shape index (κ3) is 2.05. The van der Waals surface area contributed by atoms with Gasteiger partial charge in [-0.1, -0.05) is 0 Å². The van der Waals surface area contributed by atoms with Gasteiger partial charge in [-0.15, -0.1) is 0 Å². The molecule has 3 N–H and O–H groups in total. The lowest BCUT2D eigenvalue weighted by molar-refractivity contribution is -0.132. The SMILES string of the molecule is NC1=C(C(F)F)CCC(C(=O)O)=C1. The van der Waals surface area contributed by atoms with Crippen molar-refractivity contribution >= 4 is 5.97 Å². The van der Waals surface area contributed by atoms with Gasteiger partial charge in [0.2, 0.25) is 0 Å². The summed E-state index contributed by atoms with van der Waals surface area (Å²) in [5.41, 5.74) is 5.08. The number of alkyl halides is 2. The molecule has 0 spiro atoms. The minimum atomic E-state index is -2.59. The molecule has 1 rings (SSSR count). The Balaban J connectivity index is 2.93. The minimum absolute atomic E-state index is 0.0294. The number of halogens is 2. The van der Waals surface area contributed by atoms with E-state index in [2.05, 4.69) is 0 Å². The topological polar surface area (TPSA) is 63.3 Å². The van der Waals surface area contributed by atoms with Crippen LogP contribution in [-0.4, -0.2) is 17.5 Å². The molecule has 5 heteroatoms. The molecule has 3 nitrogen and oxygen atoms in total. The first-order valence-corrected chi connectivity index (χ1v) is 3.73. The molecule has 0 heterocycles. The fourth-order valence-electron chi connectivity index (χ4n) is 1.17. The highest BCUT2D eigenvalue weighted by molar-refractivity contribution is 5.87. The molecule has 0 unspecified atom stereocenters. The normalized spacial score (nSPS) is 17.6. The standard InChI is InChI=1S/C8H9F2NO2/c9-7(10)5-2-1-4(8(12)13)3-6(5)11/h3,7H,1-2,11H2,(H,12,13). The lowest BCUT2D eigenvalue weighted by atomic mass is 9.96. The summed E-state index contributed by atoms with van der Waals surface area (Å²) >= 11 is 0. The van der Waals surface area contributed by atoms with Crippen molar-refractivity contribution in [3.05, 3.63) is 22.9 Å². The van der Waals surface area contributed by atoms with Gasteiger partial charge in [-0.25, -0.2) is 13.6 Å². The van der Waals surface area contributed by atoms with E-state index in [9.17, 15) is 13.6 Å². The van der Waals surface area contributed by atoms with Gasteiger partial charge in [-0.2, -0.15) is 0 Å². The second-order valence-corrected chi connectivity index (χ2v) is 2.76. The van der Waals surface area contributed by atoms with E-state index >= 15 is 0 Å². The molecule has 0 aromatic rings. The second-order valence-electron chi connectivity index (χ2n) is 2.76. The van der Waals surface area contributed by atoms with E-state index in [0.717, 1.165) is 6.08 Å². The van der Waals surface area contributed by atoms with Gasteiger partial charge >= 0.3 is 5.97 Å². The van der Waals surface area contributed by atoms with Crippen molar-refractivity contribution in [1.82, 2.24) is 0 Å². The zero-order valence-electron chi connectivity index (χ0n) is 6.76. The van der Waals surface area contributed by atoms with E-state index in [1.165, 1.54) is 0 Å². The Hall–Kier alpha value is -1.39. The van der Waals surface area contributed by atoms with Crippen LogP contribution < -0.4 is 5.73 Å². The Morgan fingerprint density at radius 3 is 2.54 bits per heavy atom. The first-order chi connectivity index (χ1) is 6.02. The average Bonchev–Trinajstić information content (AvgIpc) is 2.03. The molecule has 72 valence electrons. The fourth-order valence-corrected chi connectivity index (χ4v) is 1.17. The smallest absolute Gasteiger partial charge is 0.331 e. The molecule has 0 radical (unpaired) electrons. The number of carbonyl (C=O) groups is 1. The largest absolute Gasteiger partial charge is 0.478 e. The minimum Gasteiger partial charge on any atom is -0.478 e. The number of nitrogens with two attached hydrogens (primary N) is 1. The van der Waals surface area contributed by atoms with E-state index in [1.54, 1.807) is 0 Å². The molecule has 0 amide bonds. The monoisotopic (exact) mass is 189 g/mol. The molecule has 0 bridgehead atoms. The number of carboxylic acid groups (broad SMARTS) is 1.